The Kier molecular flexibility index (Phi) is 5.42. The van der Waals surface area contributed by atoms with Gasteiger partial charge in [0.2, 0.25) is 0 Å². The van der Waals surface area contributed by atoms with Crippen molar-refractivity contribution in [1.29, 1.82) is 0 Å². The van der Waals surface area contributed by atoms with Crippen LogP contribution in [0.2, 0.25) is 0 Å². The lowest BCUT2D eigenvalue weighted by Crippen LogP contribution is -2.35. The third-order valence-electron chi connectivity index (χ3n) is 3.91. The summed E-state index contributed by atoms with van der Waals surface area (Å²) < 4.78 is 39.9. The molecule has 140 valence electrons. The highest BCUT2D eigenvalue weighted by Gasteiger charge is 2.30. The van der Waals surface area contributed by atoms with Crippen molar-refractivity contribution >= 4 is 49.5 Å². The number of carbonyl (C=O) groups excluding carboxylic acids is 2. The largest absolute Gasteiger partial charge is 0.366 e. The van der Waals surface area contributed by atoms with Crippen molar-refractivity contribution in [1.82, 2.24) is 4.31 Å². The summed E-state index contributed by atoms with van der Waals surface area (Å²) in [6, 6.07) is 3.63. The second kappa shape index (κ2) is 7.43. The van der Waals surface area contributed by atoms with Crippen molar-refractivity contribution in [2.24, 2.45) is 5.73 Å². The summed E-state index contributed by atoms with van der Waals surface area (Å²) in [4.78, 5) is 24.0. The van der Waals surface area contributed by atoms with Gasteiger partial charge in [0.15, 0.2) is 5.13 Å². The first kappa shape index (κ1) is 19.0. The molecular formula is C15H16FN3O4S3. The van der Waals surface area contributed by atoms with E-state index in [9.17, 15) is 22.4 Å². The van der Waals surface area contributed by atoms with Crippen LogP contribution >= 0.6 is 22.7 Å². The topological polar surface area (TPSA) is 110 Å². The molecule has 2 aromatic rings. The van der Waals surface area contributed by atoms with Crippen molar-refractivity contribution in [2.75, 3.05) is 18.4 Å². The minimum absolute atomic E-state index is 0.0342. The normalized spacial score (nSPS) is 15.7. The number of hydrogen-bond acceptors (Lipinski definition) is 6. The second-order valence-corrected chi connectivity index (χ2v) is 9.95. The molecule has 0 saturated carbocycles. The molecule has 0 atom stereocenters. The van der Waals surface area contributed by atoms with Gasteiger partial charge in [-0.15, -0.1) is 22.7 Å². The molecule has 0 aliphatic carbocycles. The van der Waals surface area contributed by atoms with Crippen molar-refractivity contribution in [2.45, 2.75) is 23.5 Å². The lowest BCUT2D eigenvalue weighted by atomic mass is 10.2. The molecule has 7 nitrogen and oxygen atoms in total. The summed E-state index contributed by atoms with van der Waals surface area (Å²) in [6.45, 7) is 0.838. The van der Waals surface area contributed by atoms with Crippen LogP contribution in [0.15, 0.2) is 22.4 Å². The summed E-state index contributed by atoms with van der Waals surface area (Å²) in [5.74, 6) is -1.49. The van der Waals surface area contributed by atoms with Crippen molar-refractivity contribution in [3.8, 4) is 0 Å². The smallest absolute Gasteiger partial charge is 0.266 e. The molecule has 0 unspecified atom stereocenters. The highest BCUT2D eigenvalue weighted by atomic mass is 32.2. The lowest BCUT2D eigenvalue weighted by molar-refractivity contribution is 0.100. The van der Waals surface area contributed by atoms with E-state index in [2.05, 4.69) is 5.32 Å². The van der Waals surface area contributed by atoms with Gasteiger partial charge in [-0.05, 0) is 31.0 Å². The van der Waals surface area contributed by atoms with Crippen LogP contribution in [0.1, 0.15) is 39.3 Å². The van der Waals surface area contributed by atoms with Crippen LogP contribution in [0.5, 0.6) is 0 Å². The van der Waals surface area contributed by atoms with Crippen LogP contribution in [0, 0.1) is 5.13 Å². The Labute approximate surface area is 157 Å². The molecule has 0 radical (unpaired) electrons. The fourth-order valence-corrected chi connectivity index (χ4v) is 6.27. The Bertz CT molecular complexity index is 945. The van der Waals surface area contributed by atoms with Crippen molar-refractivity contribution in [3.63, 3.8) is 0 Å². The number of nitrogens with two attached hydrogens (primary N) is 1. The Morgan fingerprint density at radius 1 is 1.15 bits per heavy atom. The molecule has 1 saturated heterocycles. The third kappa shape index (κ3) is 3.80. The van der Waals surface area contributed by atoms with Crippen LogP contribution in [0.25, 0.3) is 0 Å². The van der Waals surface area contributed by atoms with Gasteiger partial charge in [0.1, 0.15) is 9.21 Å². The predicted octanol–water partition coefficient (Wildman–Crippen LogP) is 2.47. The summed E-state index contributed by atoms with van der Waals surface area (Å²) >= 11 is 1.41. The Hall–Kier alpha value is -1.82. The molecule has 3 rings (SSSR count). The van der Waals surface area contributed by atoms with Gasteiger partial charge in [-0.25, -0.2) is 8.42 Å². The zero-order valence-corrected chi connectivity index (χ0v) is 16.0. The number of anilines is 1. The number of primary amides is 1. The Balaban J connectivity index is 1.91. The van der Waals surface area contributed by atoms with Gasteiger partial charge >= 0.3 is 0 Å². The van der Waals surface area contributed by atoms with E-state index in [1.165, 1.54) is 16.4 Å². The lowest BCUT2D eigenvalue weighted by Gasteiger charge is -2.25. The van der Waals surface area contributed by atoms with Gasteiger partial charge in [0.05, 0.1) is 10.4 Å². The van der Waals surface area contributed by atoms with Gasteiger partial charge in [0, 0.05) is 13.1 Å². The van der Waals surface area contributed by atoms with E-state index < -0.39 is 27.0 Å². The quantitative estimate of drug-likeness (QED) is 0.779. The minimum atomic E-state index is -3.76. The monoisotopic (exact) mass is 417 g/mol. The second-order valence-electron chi connectivity index (χ2n) is 5.70. The molecule has 1 aliphatic rings. The van der Waals surface area contributed by atoms with Crippen LogP contribution in [-0.2, 0) is 10.0 Å². The molecule has 0 bridgehead atoms. The number of halogens is 1. The summed E-state index contributed by atoms with van der Waals surface area (Å²) in [5, 5.41) is 1.97. The molecule has 1 fully saturated rings. The highest BCUT2D eigenvalue weighted by molar-refractivity contribution is 7.91. The summed E-state index contributed by atoms with van der Waals surface area (Å²) in [7, 11) is -3.76. The number of sulfonamides is 1. The first-order chi connectivity index (χ1) is 12.3. The van der Waals surface area contributed by atoms with E-state index in [-0.39, 0.29) is 19.7 Å². The molecule has 1 aliphatic heterocycles. The third-order valence-corrected chi connectivity index (χ3v) is 8.18. The van der Waals surface area contributed by atoms with Gasteiger partial charge in [-0.1, -0.05) is 6.42 Å². The Morgan fingerprint density at radius 2 is 1.85 bits per heavy atom. The SMILES string of the molecule is NC(=O)c1cc(S(=O)(=O)N2CCCCC2)sc1NC(=O)c1ccc(F)s1. The molecular weight excluding hydrogens is 401 g/mol. The number of nitrogens with zero attached hydrogens (tertiary/aromatic N) is 1. The van der Waals surface area contributed by atoms with Crippen LogP contribution < -0.4 is 11.1 Å². The molecule has 26 heavy (non-hydrogen) atoms. The van der Waals surface area contributed by atoms with Crippen molar-refractivity contribution in [3.05, 3.63) is 33.8 Å². The molecule has 11 heteroatoms. The zero-order valence-electron chi connectivity index (χ0n) is 13.5. The number of rotatable bonds is 5. The van der Waals surface area contributed by atoms with E-state index in [4.69, 9.17) is 5.73 Å². The molecule has 2 amide bonds. The first-order valence-corrected chi connectivity index (χ1v) is 10.9. The van der Waals surface area contributed by atoms with Crippen LogP contribution in [0.4, 0.5) is 9.39 Å². The highest BCUT2D eigenvalue weighted by Crippen LogP contribution is 2.34. The molecule has 3 heterocycles. The maximum absolute atomic E-state index is 13.1. The first-order valence-electron chi connectivity index (χ1n) is 7.79. The van der Waals surface area contributed by atoms with E-state index in [1.807, 2.05) is 0 Å². The molecule has 3 N–H and O–H groups in total. The molecule has 0 spiro atoms. The maximum Gasteiger partial charge on any atom is 0.266 e. The standard InChI is InChI=1S/C15H16FN3O4S3/c16-11-5-4-10(24-11)14(21)18-15-9(13(17)20)8-12(25-15)26(22,23)19-6-2-1-3-7-19/h4-5,8H,1-3,6-7H2,(H2,17,20)(H,18,21). The average Bonchev–Trinajstić information content (AvgIpc) is 3.22. The van der Waals surface area contributed by atoms with Crippen LogP contribution in [-0.4, -0.2) is 37.6 Å². The number of hydrogen-bond donors (Lipinski definition) is 2. The number of nitrogens with one attached hydrogen (secondary N) is 1. The van der Waals surface area contributed by atoms with Crippen LogP contribution in [0.3, 0.4) is 0 Å². The van der Waals surface area contributed by atoms with Gasteiger partial charge < -0.3 is 11.1 Å². The van der Waals surface area contributed by atoms with E-state index in [1.54, 1.807) is 0 Å². The number of carbonyl (C=O) groups is 2. The van der Waals surface area contributed by atoms with Gasteiger partial charge in [0.25, 0.3) is 21.8 Å². The fraction of sp³-hybridized carbons (Fsp3) is 0.333. The summed E-state index contributed by atoms with van der Waals surface area (Å²) in [5.41, 5.74) is 5.23. The number of piperidine rings is 1. The summed E-state index contributed by atoms with van der Waals surface area (Å²) in [6.07, 6.45) is 2.53. The van der Waals surface area contributed by atoms with Gasteiger partial charge in [-0.2, -0.15) is 8.70 Å². The molecule has 0 aromatic carbocycles. The van der Waals surface area contributed by atoms with E-state index >= 15 is 0 Å². The molecule has 2 aromatic heterocycles. The zero-order chi connectivity index (χ0) is 18.9. The van der Waals surface area contributed by atoms with E-state index in [0.29, 0.717) is 24.4 Å². The number of thiophene rings is 2. The average molecular weight is 418 g/mol. The maximum atomic E-state index is 13.1. The van der Waals surface area contributed by atoms with E-state index in [0.717, 1.165) is 36.7 Å². The predicted molar refractivity (Wildman–Crippen MR) is 97.7 cm³/mol. The number of amides is 2. The minimum Gasteiger partial charge on any atom is -0.366 e. The fourth-order valence-electron chi connectivity index (χ4n) is 2.60. The van der Waals surface area contributed by atoms with Gasteiger partial charge in [-0.3, -0.25) is 9.59 Å². The Morgan fingerprint density at radius 3 is 2.42 bits per heavy atom. The van der Waals surface area contributed by atoms with Crippen molar-refractivity contribution < 1.29 is 22.4 Å².